The lowest BCUT2D eigenvalue weighted by Crippen LogP contribution is -2.38. The van der Waals surface area contributed by atoms with E-state index in [1.54, 1.807) is 55.6 Å². The van der Waals surface area contributed by atoms with Crippen molar-refractivity contribution in [3.63, 3.8) is 0 Å². The predicted molar refractivity (Wildman–Crippen MR) is 107 cm³/mol. The van der Waals surface area contributed by atoms with Gasteiger partial charge in [-0.15, -0.1) is 0 Å². The van der Waals surface area contributed by atoms with Gasteiger partial charge in [-0.25, -0.2) is 13.2 Å². The topological polar surface area (TPSA) is 114 Å². The zero-order valence-corrected chi connectivity index (χ0v) is 16.1. The van der Waals surface area contributed by atoms with E-state index in [4.69, 9.17) is 4.74 Å². The summed E-state index contributed by atoms with van der Waals surface area (Å²) in [5, 5.41) is 8.04. The Hall–Kier alpha value is -3.07. The molecule has 1 saturated heterocycles. The van der Waals surface area contributed by atoms with E-state index in [1.807, 2.05) is 0 Å². The van der Waals surface area contributed by atoms with Gasteiger partial charge in [0, 0.05) is 23.0 Å². The first-order valence-electron chi connectivity index (χ1n) is 8.68. The molecule has 0 spiro atoms. The maximum absolute atomic E-state index is 12.4. The van der Waals surface area contributed by atoms with E-state index in [1.165, 1.54) is 0 Å². The standard InChI is InChI=1S/C19H21N3O5S/c1-27-17-7-5-14(6-8-17)20-18(23)13-3-2-4-15(11-13)21-19(24)22-16-9-10-28(25,26)12-16/h2-8,11,16H,9-10,12H2,1H3,(H,20,23)(H2,21,22,24)/t16-/m1/s1. The molecule has 0 radical (unpaired) electrons. The monoisotopic (exact) mass is 403 g/mol. The number of nitrogens with one attached hydrogen (secondary N) is 3. The number of anilines is 2. The Bertz CT molecular complexity index is 973. The maximum atomic E-state index is 12.4. The Labute approximate surface area is 163 Å². The van der Waals surface area contributed by atoms with Gasteiger partial charge in [-0.2, -0.15) is 0 Å². The van der Waals surface area contributed by atoms with Crippen molar-refractivity contribution in [1.29, 1.82) is 0 Å². The minimum atomic E-state index is -3.07. The zero-order valence-electron chi connectivity index (χ0n) is 15.3. The first-order chi connectivity index (χ1) is 13.3. The molecule has 8 nitrogen and oxygen atoms in total. The van der Waals surface area contributed by atoms with E-state index in [0.717, 1.165) is 0 Å². The summed E-state index contributed by atoms with van der Waals surface area (Å²) in [4.78, 5) is 24.5. The number of benzene rings is 2. The van der Waals surface area contributed by atoms with Gasteiger partial charge in [-0.3, -0.25) is 4.79 Å². The van der Waals surface area contributed by atoms with Gasteiger partial charge >= 0.3 is 6.03 Å². The fourth-order valence-corrected chi connectivity index (χ4v) is 4.55. The number of sulfone groups is 1. The number of hydrogen-bond acceptors (Lipinski definition) is 5. The molecule has 1 aliphatic heterocycles. The Morgan fingerprint density at radius 3 is 2.43 bits per heavy atom. The molecule has 3 amide bonds. The summed E-state index contributed by atoms with van der Waals surface area (Å²) < 4.78 is 28.0. The molecule has 1 aliphatic rings. The van der Waals surface area contributed by atoms with Crippen molar-refractivity contribution < 1.29 is 22.7 Å². The largest absolute Gasteiger partial charge is 0.497 e. The molecule has 0 bridgehead atoms. The SMILES string of the molecule is COc1ccc(NC(=O)c2cccc(NC(=O)N[C@@H]3CCS(=O)(=O)C3)c2)cc1. The highest BCUT2D eigenvalue weighted by atomic mass is 32.2. The average Bonchev–Trinajstić information content (AvgIpc) is 3.00. The molecule has 2 aromatic rings. The van der Waals surface area contributed by atoms with E-state index in [9.17, 15) is 18.0 Å². The number of urea groups is 1. The molecule has 0 aliphatic carbocycles. The van der Waals surface area contributed by atoms with E-state index >= 15 is 0 Å². The van der Waals surface area contributed by atoms with Crippen LogP contribution >= 0.6 is 0 Å². The summed E-state index contributed by atoms with van der Waals surface area (Å²) >= 11 is 0. The normalized spacial score (nSPS) is 17.5. The first kappa shape index (κ1) is 19.7. The molecular formula is C19H21N3O5S. The van der Waals surface area contributed by atoms with Gasteiger partial charge < -0.3 is 20.7 Å². The van der Waals surface area contributed by atoms with Gasteiger partial charge in [-0.05, 0) is 48.9 Å². The number of hydrogen-bond donors (Lipinski definition) is 3. The van der Waals surface area contributed by atoms with Crippen molar-refractivity contribution in [2.24, 2.45) is 0 Å². The highest BCUT2D eigenvalue weighted by Crippen LogP contribution is 2.17. The lowest BCUT2D eigenvalue weighted by Gasteiger charge is -2.13. The van der Waals surface area contributed by atoms with Crippen LogP contribution in [0.1, 0.15) is 16.8 Å². The van der Waals surface area contributed by atoms with Crippen molar-refractivity contribution in [2.45, 2.75) is 12.5 Å². The summed E-state index contributed by atoms with van der Waals surface area (Å²) in [6.45, 7) is 0. The highest BCUT2D eigenvalue weighted by molar-refractivity contribution is 7.91. The molecule has 1 fully saturated rings. The minimum Gasteiger partial charge on any atom is -0.497 e. The van der Waals surface area contributed by atoms with Crippen LogP contribution in [0.5, 0.6) is 5.75 Å². The summed E-state index contributed by atoms with van der Waals surface area (Å²) in [6.07, 6.45) is 0.403. The number of carbonyl (C=O) groups excluding carboxylic acids is 2. The molecule has 28 heavy (non-hydrogen) atoms. The maximum Gasteiger partial charge on any atom is 0.319 e. The Morgan fingerprint density at radius 1 is 1.04 bits per heavy atom. The molecule has 3 N–H and O–H groups in total. The van der Waals surface area contributed by atoms with Crippen molar-refractivity contribution >= 4 is 33.2 Å². The van der Waals surface area contributed by atoms with Crippen LogP contribution in [-0.4, -0.2) is 45.0 Å². The average molecular weight is 403 g/mol. The van der Waals surface area contributed by atoms with Crippen LogP contribution in [-0.2, 0) is 9.84 Å². The number of ether oxygens (including phenoxy) is 1. The summed E-state index contributed by atoms with van der Waals surface area (Å²) in [6, 6.07) is 12.5. The second-order valence-electron chi connectivity index (χ2n) is 6.46. The number of carbonyl (C=O) groups is 2. The molecule has 2 aromatic carbocycles. The second-order valence-corrected chi connectivity index (χ2v) is 8.69. The molecule has 1 heterocycles. The van der Waals surface area contributed by atoms with Gasteiger partial charge in [0.25, 0.3) is 5.91 Å². The second kappa shape index (κ2) is 8.30. The van der Waals surface area contributed by atoms with Crippen molar-refractivity contribution in [2.75, 3.05) is 29.2 Å². The molecular weight excluding hydrogens is 382 g/mol. The Kier molecular flexibility index (Phi) is 5.84. The highest BCUT2D eigenvalue weighted by Gasteiger charge is 2.28. The molecule has 9 heteroatoms. The van der Waals surface area contributed by atoms with E-state index in [-0.39, 0.29) is 17.4 Å². The smallest absolute Gasteiger partial charge is 0.319 e. The van der Waals surface area contributed by atoms with Crippen molar-refractivity contribution in [3.8, 4) is 5.75 Å². The molecule has 0 unspecified atom stereocenters. The molecule has 148 valence electrons. The summed E-state index contributed by atoms with van der Waals surface area (Å²) in [5.41, 5.74) is 1.42. The quantitative estimate of drug-likeness (QED) is 0.709. The van der Waals surface area contributed by atoms with Crippen LogP contribution < -0.4 is 20.7 Å². The van der Waals surface area contributed by atoms with E-state index in [0.29, 0.717) is 29.1 Å². The van der Waals surface area contributed by atoms with Gasteiger partial charge in [0.15, 0.2) is 9.84 Å². The van der Waals surface area contributed by atoms with Gasteiger partial charge in [-0.1, -0.05) is 6.07 Å². The third-order valence-electron chi connectivity index (χ3n) is 4.30. The summed E-state index contributed by atoms with van der Waals surface area (Å²) in [5.74, 6) is 0.394. The molecule has 0 aromatic heterocycles. The lowest BCUT2D eigenvalue weighted by atomic mass is 10.2. The summed E-state index contributed by atoms with van der Waals surface area (Å²) in [7, 11) is -1.51. The number of amides is 3. The fourth-order valence-electron chi connectivity index (χ4n) is 2.88. The lowest BCUT2D eigenvalue weighted by molar-refractivity contribution is 0.102. The fraction of sp³-hybridized carbons (Fsp3) is 0.263. The number of rotatable bonds is 5. The van der Waals surface area contributed by atoms with Crippen LogP contribution in [0.2, 0.25) is 0 Å². The van der Waals surface area contributed by atoms with Crippen molar-refractivity contribution in [1.82, 2.24) is 5.32 Å². The van der Waals surface area contributed by atoms with Gasteiger partial charge in [0.05, 0.1) is 18.6 Å². The Morgan fingerprint density at radius 2 is 1.79 bits per heavy atom. The minimum absolute atomic E-state index is 0.0509. The first-order valence-corrected chi connectivity index (χ1v) is 10.5. The van der Waals surface area contributed by atoms with E-state index < -0.39 is 21.9 Å². The third-order valence-corrected chi connectivity index (χ3v) is 6.07. The van der Waals surface area contributed by atoms with Crippen LogP contribution in [0, 0.1) is 0 Å². The van der Waals surface area contributed by atoms with Gasteiger partial charge in [0.1, 0.15) is 5.75 Å². The molecule has 1 atom stereocenters. The van der Waals surface area contributed by atoms with E-state index in [2.05, 4.69) is 16.0 Å². The van der Waals surface area contributed by atoms with Crippen LogP contribution in [0.25, 0.3) is 0 Å². The zero-order chi connectivity index (χ0) is 20.1. The Balaban J connectivity index is 1.59. The van der Waals surface area contributed by atoms with Crippen molar-refractivity contribution in [3.05, 3.63) is 54.1 Å². The van der Waals surface area contributed by atoms with Crippen LogP contribution in [0.15, 0.2) is 48.5 Å². The predicted octanol–water partition coefficient (Wildman–Crippen LogP) is 2.26. The number of methoxy groups -OCH3 is 1. The third kappa shape index (κ3) is 5.23. The van der Waals surface area contributed by atoms with Crippen LogP contribution in [0.3, 0.4) is 0 Å². The molecule has 3 rings (SSSR count). The van der Waals surface area contributed by atoms with Crippen LogP contribution in [0.4, 0.5) is 16.2 Å². The molecule has 0 saturated carbocycles. The van der Waals surface area contributed by atoms with Gasteiger partial charge in [0.2, 0.25) is 0 Å².